The Hall–Kier alpha value is -3.66. The summed E-state index contributed by atoms with van der Waals surface area (Å²) >= 11 is 0. The molecule has 7 nitrogen and oxygen atoms in total. The first-order chi connectivity index (χ1) is 15.8. The van der Waals surface area contributed by atoms with Crippen molar-refractivity contribution in [1.82, 2.24) is 5.01 Å². The van der Waals surface area contributed by atoms with Crippen molar-refractivity contribution in [2.75, 3.05) is 4.90 Å². The number of amides is 2. The average molecular weight is 475 g/mol. The van der Waals surface area contributed by atoms with Crippen LogP contribution >= 0.6 is 0 Å². The maximum absolute atomic E-state index is 13.5. The van der Waals surface area contributed by atoms with E-state index in [2.05, 4.69) is 0 Å². The summed E-state index contributed by atoms with van der Waals surface area (Å²) in [6.45, 7) is 5.04. The number of anilines is 2. The second kappa shape index (κ2) is 9.30. The summed E-state index contributed by atoms with van der Waals surface area (Å²) in [7, 11) is 0. The summed E-state index contributed by atoms with van der Waals surface area (Å²) in [4.78, 5) is 37.9. The van der Waals surface area contributed by atoms with Gasteiger partial charge in [0, 0.05) is 29.8 Å². The summed E-state index contributed by atoms with van der Waals surface area (Å²) in [6.07, 6.45) is -4.95. The van der Waals surface area contributed by atoms with Gasteiger partial charge in [0.2, 0.25) is 5.91 Å². The third-order valence-corrected chi connectivity index (χ3v) is 5.49. The molecule has 2 amide bonds. The number of benzene rings is 2. The highest BCUT2D eigenvalue weighted by Crippen LogP contribution is 2.45. The van der Waals surface area contributed by atoms with Gasteiger partial charge < -0.3 is 5.11 Å². The van der Waals surface area contributed by atoms with Crippen LogP contribution in [0.3, 0.4) is 0 Å². The predicted molar refractivity (Wildman–Crippen MR) is 120 cm³/mol. The van der Waals surface area contributed by atoms with Crippen LogP contribution in [0.25, 0.3) is 5.57 Å². The zero-order valence-electron chi connectivity index (χ0n) is 18.9. The number of aliphatic carboxylic acids is 1. The van der Waals surface area contributed by atoms with E-state index >= 15 is 0 Å². The van der Waals surface area contributed by atoms with Gasteiger partial charge in [-0.1, -0.05) is 12.1 Å². The van der Waals surface area contributed by atoms with Crippen LogP contribution in [0.4, 0.5) is 24.5 Å². The molecule has 0 bridgehead atoms. The van der Waals surface area contributed by atoms with Gasteiger partial charge in [0.1, 0.15) is 0 Å². The quantitative estimate of drug-likeness (QED) is 0.273. The van der Waals surface area contributed by atoms with Crippen LogP contribution in [-0.2, 0) is 20.6 Å². The maximum atomic E-state index is 13.5. The summed E-state index contributed by atoms with van der Waals surface area (Å²) in [5, 5.41) is 9.50. The SMILES string of the molecule is C/C(=C1/C(=O)N(c2cc(C)cc(C)c2)c2cc(C(F)(F)F)ccc21)N(N)C(=O)CCCC(=O)O. The van der Waals surface area contributed by atoms with Gasteiger partial charge in [0.25, 0.3) is 5.91 Å². The maximum Gasteiger partial charge on any atom is 0.416 e. The van der Waals surface area contributed by atoms with Crippen LogP contribution < -0.4 is 10.7 Å². The summed E-state index contributed by atoms with van der Waals surface area (Å²) in [6, 6.07) is 8.21. The molecule has 0 aromatic heterocycles. The number of aryl methyl sites for hydroxylation is 2. The molecule has 2 aromatic carbocycles. The number of fused-ring (bicyclic) bond motifs is 1. The number of carbonyl (C=O) groups is 3. The summed E-state index contributed by atoms with van der Waals surface area (Å²) < 4.78 is 40.3. The topological polar surface area (TPSA) is 104 Å². The fourth-order valence-corrected chi connectivity index (χ4v) is 3.95. The Bertz CT molecular complexity index is 1180. The largest absolute Gasteiger partial charge is 0.481 e. The number of allylic oxidation sites excluding steroid dienone is 1. The van der Waals surface area contributed by atoms with Gasteiger partial charge >= 0.3 is 12.1 Å². The monoisotopic (exact) mass is 475 g/mol. The number of carbonyl (C=O) groups excluding carboxylic acids is 2. The smallest absolute Gasteiger partial charge is 0.416 e. The lowest BCUT2D eigenvalue weighted by atomic mass is 10.0. The normalized spacial score (nSPS) is 14.8. The molecule has 0 aliphatic carbocycles. The number of carboxylic acids is 1. The lowest BCUT2D eigenvalue weighted by Crippen LogP contribution is -2.37. The number of hydrogen-bond acceptors (Lipinski definition) is 4. The molecule has 0 saturated carbocycles. The lowest BCUT2D eigenvalue weighted by Gasteiger charge is -2.21. The van der Waals surface area contributed by atoms with Crippen LogP contribution in [0, 0.1) is 13.8 Å². The number of hydrogen-bond donors (Lipinski definition) is 2. The van der Waals surface area contributed by atoms with E-state index in [0.717, 1.165) is 28.3 Å². The van der Waals surface area contributed by atoms with Crippen molar-refractivity contribution in [2.45, 2.75) is 46.2 Å². The predicted octanol–water partition coefficient (Wildman–Crippen LogP) is 4.69. The van der Waals surface area contributed by atoms with E-state index in [0.29, 0.717) is 5.69 Å². The molecule has 0 radical (unpaired) electrons. The van der Waals surface area contributed by atoms with Crippen molar-refractivity contribution in [2.24, 2.45) is 5.84 Å². The van der Waals surface area contributed by atoms with E-state index in [1.807, 2.05) is 19.9 Å². The van der Waals surface area contributed by atoms with Crippen molar-refractivity contribution >= 4 is 34.7 Å². The molecule has 3 rings (SSSR count). The molecule has 0 unspecified atom stereocenters. The van der Waals surface area contributed by atoms with E-state index in [-0.39, 0.29) is 41.8 Å². The van der Waals surface area contributed by atoms with Crippen molar-refractivity contribution in [3.63, 3.8) is 0 Å². The van der Waals surface area contributed by atoms with Gasteiger partial charge in [-0.2, -0.15) is 13.2 Å². The Kier molecular flexibility index (Phi) is 6.83. The van der Waals surface area contributed by atoms with Gasteiger partial charge in [-0.05, 0) is 62.6 Å². The fourth-order valence-electron chi connectivity index (χ4n) is 3.95. The molecule has 0 saturated heterocycles. The van der Waals surface area contributed by atoms with E-state index in [4.69, 9.17) is 10.9 Å². The Labute approximate surface area is 194 Å². The molecule has 0 spiro atoms. The van der Waals surface area contributed by atoms with E-state index in [9.17, 15) is 27.6 Å². The Morgan fingerprint density at radius 2 is 1.68 bits per heavy atom. The van der Waals surface area contributed by atoms with Gasteiger partial charge in [0.15, 0.2) is 0 Å². The van der Waals surface area contributed by atoms with Gasteiger partial charge in [-0.3, -0.25) is 24.3 Å². The Morgan fingerprint density at radius 3 is 2.24 bits per heavy atom. The van der Waals surface area contributed by atoms with Crippen LogP contribution in [-0.4, -0.2) is 27.9 Å². The number of alkyl halides is 3. The van der Waals surface area contributed by atoms with Gasteiger partial charge in [0.05, 0.1) is 16.8 Å². The zero-order valence-corrected chi connectivity index (χ0v) is 18.9. The standard InChI is InChI=1S/C24H24F3N3O4/c1-13-9-14(2)11-17(10-13)29-19-12-16(24(25,26)27)7-8-18(19)22(23(29)34)15(3)30(28)20(31)5-4-6-21(32)33/h7-12H,4-6,28H2,1-3H3,(H,32,33)/b22-15-. The first-order valence-corrected chi connectivity index (χ1v) is 10.5. The van der Waals surface area contributed by atoms with E-state index in [1.54, 1.807) is 12.1 Å². The van der Waals surface area contributed by atoms with Crippen LogP contribution in [0.2, 0.25) is 0 Å². The Morgan fingerprint density at radius 1 is 1.06 bits per heavy atom. The highest BCUT2D eigenvalue weighted by atomic mass is 19.4. The average Bonchev–Trinajstić information content (AvgIpc) is 3.01. The zero-order chi connectivity index (χ0) is 25.4. The molecule has 1 heterocycles. The third-order valence-electron chi connectivity index (χ3n) is 5.49. The van der Waals surface area contributed by atoms with Crippen molar-refractivity contribution < 1.29 is 32.7 Å². The number of nitrogens with zero attached hydrogens (tertiary/aromatic N) is 2. The highest BCUT2D eigenvalue weighted by molar-refractivity contribution is 6.35. The number of hydrazine groups is 1. The number of nitrogens with two attached hydrogens (primary N) is 1. The molecule has 2 aromatic rings. The molecular weight excluding hydrogens is 451 g/mol. The molecule has 1 aliphatic rings. The summed E-state index contributed by atoms with van der Waals surface area (Å²) in [5.74, 6) is 3.64. The van der Waals surface area contributed by atoms with Gasteiger partial charge in [-0.25, -0.2) is 5.84 Å². The third kappa shape index (κ3) is 4.96. The number of carboxylic acid groups (broad SMARTS) is 1. The molecule has 1 aliphatic heterocycles. The molecule has 10 heteroatoms. The highest BCUT2D eigenvalue weighted by Gasteiger charge is 2.39. The molecule has 0 fully saturated rings. The number of rotatable bonds is 6. The van der Waals surface area contributed by atoms with Crippen molar-refractivity contribution in [3.8, 4) is 0 Å². The van der Waals surface area contributed by atoms with Crippen molar-refractivity contribution in [3.05, 3.63) is 64.3 Å². The van der Waals surface area contributed by atoms with Crippen LogP contribution in [0.1, 0.15) is 48.4 Å². The van der Waals surface area contributed by atoms with Crippen molar-refractivity contribution in [1.29, 1.82) is 0 Å². The van der Waals surface area contributed by atoms with E-state index in [1.165, 1.54) is 17.9 Å². The van der Waals surface area contributed by atoms with Gasteiger partial charge in [-0.15, -0.1) is 0 Å². The second-order valence-corrected chi connectivity index (χ2v) is 8.19. The summed E-state index contributed by atoms with van der Waals surface area (Å²) in [5.41, 5.74) is 1.41. The molecular formula is C24H24F3N3O4. The minimum atomic E-state index is -4.62. The molecule has 180 valence electrons. The van der Waals surface area contributed by atoms with E-state index < -0.39 is 29.5 Å². The Balaban J connectivity index is 2.12. The van der Waals surface area contributed by atoms with Crippen LogP contribution in [0.15, 0.2) is 42.1 Å². The number of halogens is 3. The fraction of sp³-hybridized carbons (Fsp3) is 0.292. The van der Waals surface area contributed by atoms with Crippen LogP contribution in [0.5, 0.6) is 0 Å². The second-order valence-electron chi connectivity index (χ2n) is 8.19. The lowest BCUT2D eigenvalue weighted by molar-refractivity contribution is -0.138. The minimum absolute atomic E-state index is 0.00281. The molecule has 0 atom stereocenters. The molecule has 3 N–H and O–H groups in total. The molecule has 34 heavy (non-hydrogen) atoms. The first kappa shape index (κ1) is 25.0. The minimum Gasteiger partial charge on any atom is -0.481 e. The first-order valence-electron chi connectivity index (χ1n) is 10.5.